The minimum absolute atomic E-state index is 0.456. The van der Waals surface area contributed by atoms with Gasteiger partial charge < -0.3 is 4.42 Å². The van der Waals surface area contributed by atoms with Crippen LogP contribution in [0.5, 0.6) is 0 Å². The third-order valence-electron chi connectivity index (χ3n) is 1.27. The number of aromatic nitrogens is 3. The van der Waals surface area contributed by atoms with Crippen LogP contribution in [0.25, 0.3) is 18.8 Å². The van der Waals surface area contributed by atoms with Gasteiger partial charge in [0.15, 0.2) is 5.42 Å². The highest BCUT2D eigenvalue weighted by Crippen LogP contribution is 1.81. The second kappa shape index (κ2) is 1.47. The molecule has 0 aromatic carbocycles. The van der Waals surface area contributed by atoms with Gasteiger partial charge in [0, 0.05) is 0 Å². The summed E-state index contributed by atoms with van der Waals surface area (Å²) in [5, 5.41) is 3.85. The first kappa shape index (κ1) is 5.22. The summed E-state index contributed by atoms with van der Waals surface area (Å²) < 4.78 is 6.52. The van der Waals surface area contributed by atoms with Gasteiger partial charge in [-0.3, -0.25) is 0 Å². The quantitative estimate of drug-likeness (QED) is 0.472. The molecule has 0 saturated heterocycles. The summed E-state index contributed by atoms with van der Waals surface area (Å²) in [7, 11) is 0. The molecule has 0 amide bonds. The zero-order chi connectivity index (χ0) is 7.14. The molecule has 4 nitrogen and oxygen atoms in total. The fraction of sp³-hybridized carbons (Fsp3) is 0. The predicted molar refractivity (Wildman–Crippen MR) is 35.5 cm³/mol. The molecule has 0 bridgehead atoms. The maximum absolute atomic E-state index is 5.02. The summed E-state index contributed by atoms with van der Waals surface area (Å²) in [4.78, 5) is 3.89. The molecular weight excluding hydrogens is 130 g/mol. The Morgan fingerprint density at radius 1 is 1.50 bits per heavy atom. The average Bonchev–Trinajstić information content (AvgIpc) is 2.39. The second-order valence-corrected chi connectivity index (χ2v) is 1.91. The summed E-state index contributed by atoms with van der Waals surface area (Å²) in [6.07, 6.45) is 1.44. The van der Waals surface area contributed by atoms with Gasteiger partial charge in [-0.25, -0.2) is 4.98 Å². The van der Waals surface area contributed by atoms with E-state index in [0.29, 0.717) is 16.6 Å². The van der Waals surface area contributed by atoms with Crippen molar-refractivity contribution in [2.24, 2.45) is 0 Å². The minimum atomic E-state index is 0.456. The van der Waals surface area contributed by atoms with E-state index in [2.05, 4.69) is 23.2 Å². The van der Waals surface area contributed by atoms with E-state index in [1.165, 1.54) is 10.8 Å². The summed E-state index contributed by atoms with van der Waals surface area (Å²) in [6, 6.07) is 0. The molecule has 0 fully saturated rings. The van der Waals surface area contributed by atoms with Crippen LogP contribution in [-0.4, -0.2) is 14.6 Å². The van der Waals surface area contributed by atoms with Crippen LogP contribution in [0.2, 0.25) is 0 Å². The molecule has 50 valence electrons. The highest BCUT2D eigenvalue weighted by molar-refractivity contribution is 5.34. The lowest BCUT2D eigenvalue weighted by molar-refractivity contribution is 0.481. The maximum atomic E-state index is 5.02. The molecular formula is C6H5N3O. The van der Waals surface area contributed by atoms with Crippen LogP contribution in [0, 0.1) is 0 Å². The molecule has 0 atom stereocenters. The van der Waals surface area contributed by atoms with Gasteiger partial charge in [0.1, 0.15) is 6.33 Å². The Morgan fingerprint density at radius 3 is 3.00 bits per heavy atom. The smallest absolute Gasteiger partial charge is 0.215 e. The molecule has 10 heavy (non-hydrogen) atoms. The highest BCUT2D eigenvalue weighted by atomic mass is 16.3. The van der Waals surface area contributed by atoms with Crippen LogP contribution < -0.4 is 11.0 Å². The van der Waals surface area contributed by atoms with Crippen LogP contribution in [0.3, 0.4) is 0 Å². The lowest BCUT2D eigenvalue weighted by Gasteiger charge is -1.71. The summed E-state index contributed by atoms with van der Waals surface area (Å²) in [5.74, 6) is 0. The lowest BCUT2D eigenvalue weighted by atomic mass is 10.7. The van der Waals surface area contributed by atoms with Crippen LogP contribution in [0.4, 0.5) is 0 Å². The van der Waals surface area contributed by atoms with Crippen LogP contribution in [-0.2, 0) is 0 Å². The first-order chi connectivity index (χ1) is 4.79. The van der Waals surface area contributed by atoms with E-state index in [0.717, 1.165) is 0 Å². The number of hydrogen-bond acceptors (Lipinski definition) is 3. The van der Waals surface area contributed by atoms with Gasteiger partial charge in [0.2, 0.25) is 11.2 Å². The van der Waals surface area contributed by atoms with Gasteiger partial charge in [0.25, 0.3) is 0 Å². The van der Waals surface area contributed by atoms with Crippen molar-refractivity contribution in [2.75, 3.05) is 0 Å². The third-order valence-corrected chi connectivity index (χ3v) is 1.27. The third kappa shape index (κ3) is 0.452. The number of rotatable bonds is 0. The van der Waals surface area contributed by atoms with Gasteiger partial charge >= 0.3 is 0 Å². The standard InChI is InChI=1S/C6H5N3O/c1-4-6-7-3-8-9(6)5(2)10-4/h3H,1-2H2. The highest BCUT2D eigenvalue weighted by Gasteiger charge is 1.99. The fourth-order valence-corrected chi connectivity index (χ4v) is 0.845. The van der Waals surface area contributed by atoms with E-state index < -0.39 is 0 Å². The number of nitrogens with zero attached hydrogens (tertiary/aromatic N) is 3. The summed E-state index contributed by atoms with van der Waals surface area (Å²) in [6.45, 7) is 7.21. The number of oxazole rings is 1. The molecule has 0 aliphatic rings. The topological polar surface area (TPSA) is 43.3 Å². The van der Waals surface area contributed by atoms with Crippen molar-refractivity contribution in [1.29, 1.82) is 0 Å². The van der Waals surface area contributed by atoms with E-state index in [1.807, 2.05) is 0 Å². The van der Waals surface area contributed by atoms with E-state index in [-0.39, 0.29) is 0 Å². The van der Waals surface area contributed by atoms with E-state index >= 15 is 0 Å². The summed E-state index contributed by atoms with van der Waals surface area (Å²) in [5.41, 5.74) is 1.59. The van der Waals surface area contributed by atoms with Gasteiger partial charge in [-0.05, 0) is 6.58 Å². The predicted octanol–water partition coefficient (Wildman–Crippen LogP) is -0.857. The van der Waals surface area contributed by atoms with Gasteiger partial charge in [-0.15, -0.1) is 0 Å². The summed E-state index contributed by atoms with van der Waals surface area (Å²) >= 11 is 0. The molecule has 0 saturated carbocycles. The van der Waals surface area contributed by atoms with Crippen LogP contribution in [0.1, 0.15) is 0 Å². The first-order valence-electron chi connectivity index (χ1n) is 2.75. The van der Waals surface area contributed by atoms with Crippen molar-refractivity contribution < 1.29 is 4.42 Å². The molecule has 0 N–H and O–H groups in total. The van der Waals surface area contributed by atoms with Crippen molar-refractivity contribution in [3.63, 3.8) is 0 Å². The SMILES string of the molecule is C=c1oc(=C)n2ncnc12. The minimum Gasteiger partial charge on any atom is -0.436 e. The molecule has 2 aromatic heterocycles. The Hall–Kier alpha value is -1.58. The fourth-order valence-electron chi connectivity index (χ4n) is 0.845. The van der Waals surface area contributed by atoms with Crippen LogP contribution in [0.15, 0.2) is 10.7 Å². The zero-order valence-electron chi connectivity index (χ0n) is 5.24. The molecule has 0 aliphatic heterocycles. The number of fused-ring (bicyclic) bond motifs is 1. The van der Waals surface area contributed by atoms with Crippen LogP contribution >= 0.6 is 0 Å². The molecule has 2 aromatic rings. The number of hydrogen-bond donors (Lipinski definition) is 0. The molecule has 4 heteroatoms. The first-order valence-corrected chi connectivity index (χ1v) is 2.75. The Balaban J connectivity index is 3.28. The lowest BCUT2D eigenvalue weighted by Crippen LogP contribution is -2.04. The maximum Gasteiger partial charge on any atom is 0.215 e. The van der Waals surface area contributed by atoms with E-state index in [9.17, 15) is 0 Å². The van der Waals surface area contributed by atoms with Gasteiger partial charge in [0.05, 0.1) is 0 Å². The Labute approximate surface area is 56.1 Å². The average molecular weight is 135 g/mol. The van der Waals surface area contributed by atoms with Crippen molar-refractivity contribution >= 4 is 18.8 Å². The Morgan fingerprint density at radius 2 is 2.30 bits per heavy atom. The van der Waals surface area contributed by atoms with E-state index in [4.69, 9.17) is 4.42 Å². The van der Waals surface area contributed by atoms with Crippen molar-refractivity contribution in [3.05, 3.63) is 17.3 Å². The Bertz CT molecular complexity index is 413. The normalized spacial score (nSPS) is 10.8. The largest absolute Gasteiger partial charge is 0.436 e. The molecule has 0 aliphatic carbocycles. The molecule has 2 heterocycles. The molecule has 2 rings (SSSR count). The van der Waals surface area contributed by atoms with E-state index in [1.54, 1.807) is 0 Å². The zero-order valence-corrected chi connectivity index (χ0v) is 5.24. The molecule has 0 spiro atoms. The molecule has 0 radical (unpaired) electrons. The molecule has 0 unspecified atom stereocenters. The van der Waals surface area contributed by atoms with Crippen molar-refractivity contribution in [3.8, 4) is 0 Å². The van der Waals surface area contributed by atoms with Gasteiger partial charge in [-0.1, -0.05) is 6.58 Å². The second-order valence-electron chi connectivity index (χ2n) is 1.91. The Kier molecular flexibility index (Phi) is 0.768. The monoisotopic (exact) mass is 135 g/mol. The van der Waals surface area contributed by atoms with Crippen molar-refractivity contribution in [2.45, 2.75) is 0 Å². The van der Waals surface area contributed by atoms with Gasteiger partial charge in [-0.2, -0.15) is 9.61 Å². The van der Waals surface area contributed by atoms with Crippen molar-refractivity contribution in [1.82, 2.24) is 14.6 Å².